The van der Waals surface area contributed by atoms with Crippen molar-refractivity contribution in [1.82, 2.24) is 16.0 Å². The molecule has 0 bridgehead atoms. The fourth-order valence-corrected chi connectivity index (χ4v) is 3.59. The molecule has 38 heavy (non-hydrogen) atoms. The van der Waals surface area contributed by atoms with Crippen molar-refractivity contribution >= 4 is 23.7 Å². The lowest BCUT2D eigenvalue weighted by Crippen LogP contribution is -2.58. The van der Waals surface area contributed by atoms with Crippen molar-refractivity contribution in [2.24, 2.45) is 5.73 Å². The minimum absolute atomic E-state index is 0.222. The molecule has 0 aliphatic heterocycles. The number of nitrogens with one attached hydrogen (secondary N) is 3. The molecule has 8 N–H and O–H groups in total. The first-order valence-electron chi connectivity index (χ1n) is 13.6. The number of allylic oxidation sites excluding steroid dienone is 3. The van der Waals surface area contributed by atoms with E-state index in [-0.39, 0.29) is 6.42 Å². The molecule has 0 aliphatic carbocycles. The summed E-state index contributed by atoms with van der Waals surface area (Å²) in [6.07, 6.45) is 11.6. The van der Waals surface area contributed by atoms with Gasteiger partial charge in [0.15, 0.2) is 0 Å². The molecule has 3 amide bonds. The summed E-state index contributed by atoms with van der Waals surface area (Å²) in [7, 11) is 0. The number of carbonyl (C=O) groups is 4. The van der Waals surface area contributed by atoms with E-state index in [2.05, 4.69) is 22.9 Å². The van der Waals surface area contributed by atoms with Crippen LogP contribution in [0.4, 0.5) is 0 Å². The van der Waals surface area contributed by atoms with Crippen molar-refractivity contribution in [3.63, 3.8) is 0 Å². The number of rotatable bonds is 21. The lowest BCUT2D eigenvalue weighted by atomic mass is 10.0. The third kappa shape index (κ3) is 16.9. The van der Waals surface area contributed by atoms with Gasteiger partial charge >= 0.3 is 5.97 Å². The number of carboxylic acid groups (broad SMARTS) is 1. The van der Waals surface area contributed by atoms with Crippen LogP contribution in [0.1, 0.15) is 85.0 Å². The smallest absolute Gasteiger partial charge is 0.306 e. The first-order chi connectivity index (χ1) is 18.0. The van der Waals surface area contributed by atoms with E-state index in [1.54, 1.807) is 12.2 Å². The largest absolute Gasteiger partial charge is 0.481 e. The van der Waals surface area contributed by atoms with Gasteiger partial charge in [0.05, 0.1) is 24.7 Å². The predicted octanol–water partition coefficient (Wildman–Crippen LogP) is 1.28. The van der Waals surface area contributed by atoms with Gasteiger partial charge in [-0.25, -0.2) is 0 Å². The molecule has 5 atom stereocenters. The Labute approximate surface area is 226 Å². The Kier molecular flexibility index (Phi) is 19.7. The maximum Gasteiger partial charge on any atom is 0.306 e. The van der Waals surface area contributed by atoms with Crippen LogP contribution in [0.2, 0.25) is 0 Å². The van der Waals surface area contributed by atoms with Crippen LogP contribution in [0.25, 0.3) is 0 Å². The highest BCUT2D eigenvalue weighted by Gasteiger charge is 2.30. The summed E-state index contributed by atoms with van der Waals surface area (Å²) in [5.41, 5.74) is 5.52. The van der Waals surface area contributed by atoms with Gasteiger partial charge in [-0.3, -0.25) is 19.2 Å². The Balaban J connectivity index is 5.07. The molecule has 0 saturated carbocycles. The van der Waals surface area contributed by atoms with Gasteiger partial charge in [0.2, 0.25) is 17.7 Å². The molecule has 11 nitrogen and oxygen atoms in total. The topological polar surface area (TPSA) is 191 Å². The number of nitrogens with two attached hydrogens (primary N) is 1. The molecule has 0 saturated heterocycles. The van der Waals surface area contributed by atoms with Gasteiger partial charge in [0.25, 0.3) is 0 Å². The number of unbranched alkanes of at least 4 members (excludes halogenated alkanes) is 6. The highest BCUT2D eigenvalue weighted by Crippen LogP contribution is 2.07. The van der Waals surface area contributed by atoms with Crippen molar-refractivity contribution in [1.29, 1.82) is 0 Å². The van der Waals surface area contributed by atoms with E-state index in [1.807, 2.05) is 6.08 Å². The molecule has 0 fully saturated rings. The first kappa shape index (κ1) is 35.2. The van der Waals surface area contributed by atoms with Crippen LogP contribution in [0, 0.1) is 0 Å². The number of amides is 3. The first-order valence-corrected chi connectivity index (χ1v) is 13.6. The lowest BCUT2D eigenvalue weighted by Gasteiger charge is -2.26. The fourth-order valence-electron chi connectivity index (χ4n) is 3.59. The van der Waals surface area contributed by atoms with Gasteiger partial charge in [0.1, 0.15) is 12.1 Å². The molecule has 1 unspecified atom stereocenters. The molecule has 11 heteroatoms. The van der Waals surface area contributed by atoms with Crippen LogP contribution in [0.3, 0.4) is 0 Å². The van der Waals surface area contributed by atoms with Crippen LogP contribution in [0.15, 0.2) is 24.3 Å². The molecule has 0 radical (unpaired) electrons. The Morgan fingerprint density at radius 3 is 2.16 bits per heavy atom. The van der Waals surface area contributed by atoms with Crippen LogP contribution in [0.5, 0.6) is 0 Å². The number of aliphatic hydroxyl groups excluding tert-OH is 2. The third-order valence-electron chi connectivity index (χ3n) is 5.94. The van der Waals surface area contributed by atoms with E-state index in [0.717, 1.165) is 12.8 Å². The molecular formula is C27H48N4O7. The van der Waals surface area contributed by atoms with Crippen molar-refractivity contribution in [3.8, 4) is 0 Å². The molecule has 0 heterocycles. The second kappa shape index (κ2) is 21.2. The number of carbonyl (C=O) groups excluding carboxylic acids is 3. The summed E-state index contributed by atoms with van der Waals surface area (Å²) < 4.78 is 0. The van der Waals surface area contributed by atoms with E-state index in [4.69, 9.17) is 10.8 Å². The summed E-state index contributed by atoms with van der Waals surface area (Å²) >= 11 is 0. The number of carboxylic acids is 1. The van der Waals surface area contributed by atoms with E-state index in [9.17, 15) is 29.4 Å². The van der Waals surface area contributed by atoms with Crippen molar-refractivity contribution < 1.29 is 34.5 Å². The number of hydrogen-bond acceptors (Lipinski definition) is 7. The van der Waals surface area contributed by atoms with Gasteiger partial charge in [-0.1, -0.05) is 50.8 Å². The number of aliphatic hydroxyl groups is 2. The average Bonchev–Trinajstić information content (AvgIpc) is 2.84. The normalized spacial score (nSPS) is 15.5. The Morgan fingerprint density at radius 1 is 0.868 bits per heavy atom. The zero-order chi connectivity index (χ0) is 28.9. The van der Waals surface area contributed by atoms with E-state index in [1.165, 1.54) is 45.6 Å². The summed E-state index contributed by atoms with van der Waals surface area (Å²) in [6, 6.07) is -3.23. The Morgan fingerprint density at radius 2 is 1.55 bits per heavy atom. The SMILES string of the molecule is CCCCCCC/C=C/C=C/C(=O)N[C@H](C(=O)N[C@@H](CCCCN)C(=O)N[C@@H](C)C(O)CC(=O)O)[C@@H](C)O. The molecular weight excluding hydrogens is 492 g/mol. The van der Waals surface area contributed by atoms with Crippen LogP contribution >= 0.6 is 0 Å². The van der Waals surface area contributed by atoms with Crippen LogP contribution in [-0.2, 0) is 19.2 Å². The van der Waals surface area contributed by atoms with Crippen molar-refractivity contribution in [2.45, 2.75) is 115 Å². The van der Waals surface area contributed by atoms with Crippen LogP contribution < -0.4 is 21.7 Å². The Hall–Kier alpha value is -2.76. The van der Waals surface area contributed by atoms with Gasteiger partial charge in [-0.15, -0.1) is 0 Å². The summed E-state index contributed by atoms with van der Waals surface area (Å²) in [5, 5.41) is 36.4. The highest BCUT2D eigenvalue weighted by molar-refractivity contribution is 5.95. The van der Waals surface area contributed by atoms with Gasteiger partial charge in [0, 0.05) is 6.08 Å². The number of hydrogen-bond donors (Lipinski definition) is 7. The van der Waals surface area contributed by atoms with Gasteiger partial charge in [-0.2, -0.15) is 0 Å². The van der Waals surface area contributed by atoms with Crippen LogP contribution in [-0.4, -0.2) is 75.9 Å². The van der Waals surface area contributed by atoms with Gasteiger partial charge < -0.3 is 37.0 Å². The van der Waals surface area contributed by atoms with E-state index >= 15 is 0 Å². The minimum atomic E-state index is -1.32. The molecule has 0 aromatic heterocycles. The second-order valence-corrected chi connectivity index (χ2v) is 9.53. The summed E-state index contributed by atoms with van der Waals surface area (Å²) in [5.74, 6) is -3.17. The summed E-state index contributed by atoms with van der Waals surface area (Å²) in [6.45, 7) is 5.36. The zero-order valence-electron chi connectivity index (χ0n) is 23.0. The van der Waals surface area contributed by atoms with E-state index in [0.29, 0.717) is 19.4 Å². The zero-order valence-corrected chi connectivity index (χ0v) is 23.0. The minimum Gasteiger partial charge on any atom is -0.481 e. The van der Waals surface area contributed by atoms with Crippen molar-refractivity contribution in [2.75, 3.05) is 6.54 Å². The highest BCUT2D eigenvalue weighted by atomic mass is 16.4. The fraction of sp³-hybridized carbons (Fsp3) is 0.704. The lowest BCUT2D eigenvalue weighted by molar-refractivity contribution is -0.140. The molecule has 0 aliphatic rings. The summed E-state index contributed by atoms with van der Waals surface area (Å²) in [4.78, 5) is 48.9. The third-order valence-corrected chi connectivity index (χ3v) is 5.94. The predicted molar refractivity (Wildman–Crippen MR) is 146 cm³/mol. The number of aliphatic carboxylic acids is 1. The monoisotopic (exact) mass is 540 g/mol. The molecule has 0 spiro atoms. The molecule has 0 aromatic carbocycles. The standard InChI is InChI=1S/C27H48N4O7/c1-4-5-6-7-8-9-10-11-12-16-23(34)31-25(20(3)32)27(38)30-21(15-13-14-17-28)26(37)29-19(2)22(33)18-24(35)36/h10-12,16,19-22,25,32-33H,4-9,13-15,17-18,28H2,1-3H3,(H,29,37)(H,30,38)(H,31,34)(H,35,36)/b11-10+,16-12+/t19-,20+,21-,22?,25-/m0/s1. The maximum atomic E-state index is 12.9. The molecule has 0 aromatic rings. The van der Waals surface area contributed by atoms with Gasteiger partial charge in [-0.05, 0) is 52.5 Å². The van der Waals surface area contributed by atoms with Crippen molar-refractivity contribution in [3.05, 3.63) is 24.3 Å². The van der Waals surface area contributed by atoms with E-state index < -0.39 is 60.4 Å². The molecule has 218 valence electrons. The maximum absolute atomic E-state index is 12.9. The Bertz CT molecular complexity index is 771. The second-order valence-electron chi connectivity index (χ2n) is 9.53. The quantitative estimate of drug-likeness (QED) is 0.0643. The molecule has 0 rings (SSSR count). The average molecular weight is 541 g/mol.